The number of aromatic amines is 1. The number of fused-ring (bicyclic) bond motifs is 3. The first-order valence-corrected chi connectivity index (χ1v) is 6.77. The van der Waals surface area contributed by atoms with Gasteiger partial charge in [0.15, 0.2) is 5.16 Å². The maximum Gasteiger partial charge on any atom is 0.255 e. The third-order valence-corrected chi connectivity index (χ3v) is 3.68. The van der Waals surface area contributed by atoms with Gasteiger partial charge in [0.05, 0.1) is 5.69 Å². The van der Waals surface area contributed by atoms with E-state index in [2.05, 4.69) is 16.0 Å². The van der Waals surface area contributed by atoms with E-state index in [1.807, 2.05) is 24.5 Å². The van der Waals surface area contributed by atoms with Gasteiger partial charge in [-0.15, -0.1) is 0 Å². The second-order valence-electron chi connectivity index (χ2n) is 4.06. The minimum Gasteiger partial charge on any atom is -0.301 e. The quantitative estimate of drug-likeness (QED) is 0.618. The fourth-order valence-corrected chi connectivity index (χ4v) is 2.63. The van der Waals surface area contributed by atoms with Crippen LogP contribution in [0.4, 0.5) is 0 Å². The fourth-order valence-electron chi connectivity index (χ4n) is 2.26. The van der Waals surface area contributed by atoms with Crippen LogP contribution in [-0.4, -0.2) is 16.2 Å². The lowest BCUT2D eigenvalue weighted by molar-refractivity contribution is 0.845. The van der Waals surface area contributed by atoms with Crippen molar-refractivity contribution >= 4 is 11.8 Å². The molecule has 0 atom stereocenters. The Kier molecular flexibility index (Phi) is 2.52. The van der Waals surface area contributed by atoms with Gasteiger partial charge in [-0.1, -0.05) is 36.0 Å². The molecule has 3 rings (SSSR count). The predicted molar refractivity (Wildman–Crippen MR) is 69.5 cm³/mol. The predicted octanol–water partition coefficient (Wildman–Crippen LogP) is 2.26. The SMILES string of the molecule is CSc1nc2c(c(=O)[nH]1)CCc1ccccc1-2. The van der Waals surface area contributed by atoms with E-state index in [1.165, 1.54) is 17.3 Å². The maximum absolute atomic E-state index is 11.9. The molecule has 86 valence electrons. The van der Waals surface area contributed by atoms with Gasteiger partial charge in [-0.2, -0.15) is 0 Å². The molecular formula is C13H12N2OS. The van der Waals surface area contributed by atoms with Crippen LogP contribution in [0.2, 0.25) is 0 Å². The van der Waals surface area contributed by atoms with Crippen molar-refractivity contribution in [3.8, 4) is 11.3 Å². The molecule has 0 amide bonds. The number of thioether (sulfide) groups is 1. The third-order valence-electron chi connectivity index (χ3n) is 3.10. The molecule has 0 spiro atoms. The van der Waals surface area contributed by atoms with Gasteiger partial charge in [-0.3, -0.25) is 4.79 Å². The molecule has 2 aromatic rings. The van der Waals surface area contributed by atoms with E-state index < -0.39 is 0 Å². The Hall–Kier alpha value is -1.55. The summed E-state index contributed by atoms with van der Waals surface area (Å²) in [6, 6.07) is 8.19. The highest BCUT2D eigenvalue weighted by Gasteiger charge is 2.20. The zero-order chi connectivity index (χ0) is 11.8. The zero-order valence-corrected chi connectivity index (χ0v) is 10.3. The van der Waals surface area contributed by atoms with Crippen LogP contribution >= 0.6 is 11.8 Å². The van der Waals surface area contributed by atoms with Gasteiger partial charge in [0.1, 0.15) is 0 Å². The first-order chi connectivity index (χ1) is 8.29. The average Bonchev–Trinajstić information content (AvgIpc) is 2.38. The molecule has 3 nitrogen and oxygen atoms in total. The first kappa shape index (κ1) is 10.6. The van der Waals surface area contributed by atoms with Crippen molar-refractivity contribution in [2.45, 2.75) is 18.0 Å². The third kappa shape index (κ3) is 1.69. The topological polar surface area (TPSA) is 45.8 Å². The summed E-state index contributed by atoms with van der Waals surface area (Å²) in [7, 11) is 0. The largest absolute Gasteiger partial charge is 0.301 e. The van der Waals surface area contributed by atoms with Crippen molar-refractivity contribution in [2.75, 3.05) is 6.26 Å². The monoisotopic (exact) mass is 244 g/mol. The van der Waals surface area contributed by atoms with E-state index >= 15 is 0 Å². The number of rotatable bonds is 1. The molecule has 1 heterocycles. The summed E-state index contributed by atoms with van der Waals surface area (Å²) in [4.78, 5) is 19.3. The second kappa shape index (κ2) is 4.04. The molecule has 1 aromatic carbocycles. The van der Waals surface area contributed by atoms with Gasteiger partial charge in [0.2, 0.25) is 0 Å². The van der Waals surface area contributed by atoms with Crippen molar-refractivity contribution in [1.82, 2.24) is 9.97 Å². The molecule has 4 heteroatoms. The lowest BCUT2D eigenvalue weighted by Crippen LogP contribution is -2.20. The summed E-state index contributed by atoms with van der Waals surface area (Å²) < 4.78 is 0. The van der Waals surface area contributed by atoms with Crippen LogP contribution in [0, 0.1) is 0 Å². The van der Waals surface area contributed by atoms with Gasteiger partial charge < -0.3 is 4.98 Å². The van der Waals surface area contributed by atoms with Gasteiger partial charge in [-0.05, 0) is 24.7 Å². The Morgan fingerprint density at radius 2 is 2.12 bits per heavy atom. The number of hydrogen-bond donors (Lipinski definition) is 1. The van der Waals surface area contributed by atoms with E-state index in [4.69, 9.17) is 0 Å². The Bertz CT molecular complexity index is 634. The van der Waals surface area contributed by atoms with Crippen molar-refractivity contribution in [1.29, 1.82) is 0 Å². The molecule has 1 aromatic heterocycles. The summed E-state index contributed by atoms with van der Waals surface area (Å²) in [6.07, 6.45) is 3.62. The number of aromatic nitrogens is 2. The van der Waals surface area contributed by atoms with Gasteiger partial charge in [0.25, 0.3) is 5.56 Å². The van der Waals surface area contributed by atoms with Gasteiger partial charge in [-0.25, -0.2) is 4.98 Å². The molecule has 0 saturated carbocycles. The molecule has 0 saturated heterocycles. The van der Waals surface area contributed by atoms with E-state index in [9.17, 15) is 4.79 Å². The van der Waals surface area contributed by atoms with Crippen LogP contribution in [0.3, 0.4) is 0 Å². The maximum atomic E-state index is 11.9. The van der Waals surface area contributed by atoms with Crippen molar-refractivity contribution < 1.29 is 0 Å². The summed E-state index contributed by atoms with van der Waals surface area (Å²) in [5, 5.41) is 0.686. The normalized spacial score (nSPS) is 13.0. The molecule has 0 radical (unpaired) electrons. The van der Waals surface area contributed by atoms with Gasteiger partial charge >= 0.3 is 0 Å². The molecule has 1 aliphatic rings. The van der Waals surface area contributed by atoms with Crippen molar-refractivity contribution in [3.63, 3.8) is 0 Å². The highest BCUT2D eigenvalue weighted by atomic mass is 32.2. The number of H-pyrrole nitrogens is 1. The van der Waals surface area contributed by atoms with Crippen LogP contribution in [0.5, 0.6) is 0 Å². The summed E-state index contributed by atoms with van der Waals surface area (Å²) in [6.45, 7) is 0. The zero-order valence-electron chi connectivity index (χ0n) is 9.49. The fraction of sp³-hybridized carbons (Fsp3) is 0.231. The average molecular weight is 244 g/mol. The minimum atomic E-state index is 0.00820. The standard InChI is InChI=1S/C13H12N2OS/c1-17-13-14-11-9-5-3-2-4-8(9)6-7-10(11)12(16)15-13/h2-5H,6-7H2,1H3,(H,14,15,16). The molecule has 0 bridgehead atoms. The van der Waals surface area contributed by atoms with Crippen LogP contribution in [0.15, 0.2) is 34.2 Å². The highest BCUT2D eigenvalue weighted by molar-refractivity contribution is 7.98. The molecule has 0 fully saturated rings. The van der Waals surface area contributed by atoms with E-state index in [0.717, 1.165) is 29.7 Å². The van der Waals surface area contributed by atoms with E-state index in [0.29, 0.717) is 5.16 Å². The number of aryl methyl sites for hydroxylation is 1. The van der Waals surface area contributed by atoms with Crippen molar-refractivity contribution in [3.05, 3.63) is 45.7 Å². The first-order valence-electron chi connectivity index (χ1n) is 5.55. The molecule has 1 aliphatic carbocycles. The van der Waals surface area contributed by atoms with Crippen LogP contribution in [0.25, 0.3) is 11.3 Å². The lowest BCUT2D eigenvalue weighted by Gasteiger charge is -2.18. The van der Waals surface area contributed by atoms with Crippen LogP contribution < -0.4 is 5.56 Å². The van der Waals surface area contributed by atoms with Crippen molar-refractivity contribution in [2.24, 2.45) is 0 Å². The van der Waals surface area contributed by atoms with E-state index in [1.54, 1.807) is 0 Å². The van der Waals surface area contributed by atoms with Crippen LogP contribution in [0.1, 0.15) is 11.1 Å². The summed E-state index contributed by atoms with van der Waals surface area (Å²) in [5.74, 6) is 0. The van der Waals surface area contributed by atoms with Gasteiger partial charge in [0, 0.05) is 11.1 Å². The molecular weight excluding hydrogens is 232 g/mol. The molecule has 17 heavy (non-hydrogen) atoms. The Balaban J connectivity index is 2.31. The molecule has 0 unspecified atom stereocenters. The summed E-state index contributed by atoms with van der Waals surface area (Å²) in [5.41, 5.74) is 4.08. The number of hydrogen-bond acceptors (Lipinski definition) is 3. The van der Waals surface area contributed by atoms with E-state index in [-0.39, 0.29) is 5.56 Å². The smallest absolute Gasteiger partial charge is 0.255 e. The Morgan fingerprint density at radius 3 is 2.94 bits per heavy atom. The minimum absolute atomic E-state index is 0.00820. The number of nitrogens with one attached hydrogen (secondary N) is 1. The Morgan fingerprint density at radius 1 is 1.29 bits per heavy atom. The Labute approximate surface area is 103 Å². The number of nitrogens with zero attached hydrogens (tertiary/aromatic N) is 1. The van der Waals surface area contributed by atoms with Crippen LogP contribution in [-0.2, 0) is 12.8 Å². The molecule has 1 N–H and O–H groups in total. The number of benzene rings is 1. The lowest BCUT2D eigenvalue weighted by atomic mass is 9.90. The second-order valence-corrected chi connectivity index (χ2v) is 4.85. The summed E-state index contributed by atoms with van der Waals surface area (Å²) >= 11 is 1.46. The molecule has 0 aliphatic heterocycles. The highest BCUT2D eigenvalue weighted by Crippen LogP contribution is 2.30.